The zero-order valence-electron chi connectivity index (χ0n) is 7.63. The fourth-order valence-electron chi connectivity index (χ4n) is 1.11. The summed E-state index contributed by atoms with van der Waals surface area (Å²) in [6, 6.07) is 3.87. The lowest BCUT2D eigenvalue weighted by molar-refractivity contribution is 0.123. The van der Waals surface area contributed by atoms with Crippen LogP contribution in [0, 0.1) is 6.92 Å². The Morgan fingerprint density at radius 1 is 1.46 bits per heavy atom. The van der Waals surface area contributed by atoms with Gasteiger partial charge in [-0.3, -0.25) is 4.84 Å². The first-order chi connectivity index (χ1) is 6.20. The number of rotatable bonds is 3. The molecule has 13 heavy (non-hydrogen) atoms. The lowest BCUT2D eigenvalue weighted by Crippen LogP contribution is -2.02. The van der Waals surface area contributed by atoms with E-state index in [2.05, 4.69) is 20.8 Å². The Bertz CT molecular complexity index is 302. The van der Waals surface area contributed by atoms with Crippen LogP contribution in [0.1, 0.15) is 11.1 Å². The molecule has 72 valence electrons. The van der Waals surface area contributed by atoms with Crippen molar-refractivity contribution in [1.82, 2.24) is 0 Å². The zero-order valence-corrected chi connectivity index (χ0v) is 9.22. The summed E-state index contributed by atoms with van der Waals surface area (Å²) in [4.78, 5) is 4.60. The van der Waals surface area contributed by atoms with Gasteiger partial charge in [-0.15, -0.1) is 0 Å². The highest BCUT2D eigenvalue weighted by Gasteiger charge is 2.08. The highest BCUT2D eigenvalue weighted by atomic mass is 79.9. The van der Waals surface area contributed by atoms with E-state index < -0.39 is 0 Å². The molecule has 0 aliphatic heterocycles. The molecule has 1 aromatic rings. The second kappa shape index (κ2) is 4.60. The molecule has 0 saturated carbocycles. The van der Waals surface area contributed by atoms with Gasteiger partial charge in [-0.1, -0.05) is 6.07 Å². The lowest BCUT2D eigenvalue weighted by Gasteiger charge is -2.10. The molecule has 0 bridgehead atoms. The van der Waals surface area contributed by atoms with Crippen molar-refractivity contribution in [2.75, 3.05) is 7.11 Å². The second-order valence-corrected chi connectivity index (χ2v) is 3.48. The van der Waals surface area contributed by atoms with Crippen LogP contribution < -0.4 is 10.6 Å². The van der Waals surface area contributed by atoms with Crippen molar-refractivity contribution < 1.29 is 9.57 Å². The van der Waals surface area contributed by atoms with E-state index in [1.54, 1.807) is 7.11 Å². The van der Waals surface area contributed by atoms with Crippen molar-refractivity contribution in [2.24, 2.45) is 5.90 Å². The van der Waals surface area contributed by atoms with Gasteiger partial charge >= 0.3 is 0 Å². The van der Waals surface area contributed by atoms with Gasteiger partial charge in [-0.2, -0.15) is 0 Å². The first-order valence-corrected chi connectivity index (χ1v) is 4.63. The molecule has 0 spiro atoms. The molecule has 0 unspecified atom stereocenters. The molecule has 0 heterocycles. The number of hydrogen-bond donors (Lipinski definition) is 1. The summed E-state index contributed by atoms with van der Waals surface area (Å²) in [5.74, 6) is 5.82. The highest BCUT2D eigenvalue weighted by molar-refractivity contribution is 9.10. The SMILES string of the molecule is COc1ccc(C)c(CON)c1Br. The molecule has 4 heteroatoms. The van der Waals surface area contributed by atoms with E-state index in [-0.39, 0.29) is 0 Å². The predicted octanol–water partition coefficient (Wildman–Crippen LogP) is 2.16. The molecule has 0 radical (unpaired) electrons. The molecule has 0 aromatic heterocycles. The van der Waals surface area contributed by atoms with Crippen LogP contribution >= 0.6 is 15.9 Å². The Hall–Kier alpha value is -0.580. The van der Waals surface area contributed by atoms with Crippen molar-refractivity contribution >= 4 is 15.9 Å². The molecule has 0 aliphatic carbocycles. The van der Waals surface area contributed by atoms with Crippen molar-refractivity contribution in [2.45, 2.75) is 13.5 Å². The molecule has 0 amide bonds. The van der Waals surface area contributed by atoms with E-state index in [1.165, 1.54) is 0 Å². The maximum Gasteiger partial charge on any atom is 0.133 e. The number of ether oxygens (including phenoxy) is 1. The molecule has 1 rings (SSSR count). The van der Waals surface area contributed by atoms with Gasteiger partial charge in [-0.25, -0.2) is 5.90 Å². The Morgan fingerprint density at radius 3 is 2.69 bits per heavy atom. The number of methoxy groups -OCH3 is 1. The normalized spacial score (nSPS) is 10.2. The number of aryl methyl sites for hydroxylation is 1. The molecule has 3 nitrogen and oxygen atoms in total. The van der Waals surface area contributed by atoms with E-state index in [9.17, 15) is 0 Å². The van der Waals surface area contributed by atoms with Gasteiger partial charge in [0.15, 0.2) is 0 Å². The average Bonchev–Trinajstić information content (AvgIpc) is 2.12. The van der Waals surface area contributed by atoms with E-state index >= 15 is 0 Å². The molecule has 0 aliphatic rings. The van der Waals surface area contributed by atoms with Crippen LogP contribution in [-0.2, 0) is 11.4 Å². The van der Waals surface area contributed by atoms with Crippen molar-refractivity contribution in [3.05, 3.63) is 27.7 Å². The Labute approximate surface area is 85.9 Å². The number of hydrogen-bond acceptors (Lipinski definition) is 3. The van der Waals surface area contributed by atoms with Gasteiger partial charge in [0.05, 0.1) is 18.2 Å². The highest BCUT2D eigenvalue weighted by Crippen LogP contribution is 2.30. The second-order valence-electron chi connectivity index (χ2n) is 2.69. The fourth-order valence-corrected chi connectivity index (χ4v) is 1.84. The van der Waals surface area contributed by atoms with Crippen LogP contribution in [0.15, 0.2) is 16.6 Å². The fraction of sp³-hybridized carbons (Fsp3) is 0.333. The summed E-state index contributed by atoms with van der Waals surface area (Å²) in [7, 11) is 1.63. The van der Waals surface area contributed by atoms with Crippen LogP contribution in [-0.4, -0.2) is 7.11 Å². The topological polar surface area (TPSA) is 44.5 Å². The third-order valence-electron chi connectivity index (χ3n) is 1.89. The Balaban J connectivity index is 3.13. The third kappa shape index (κ3) is 2.21. The molecule has 1 aromatic carbocycles. The Morgan fingerprint density at radius 2 is 2.15 bits per heavy atom. The summed E-state index contributed by atoms with van der Waals surface area (Å²) in [6.07, 6.45) is 0. The van der Waals surface area contributed by atoms with Gasteiger partial charge in [0, 0.05) is 5.56 Å². The smallest absolute Gasteiger partial charge is 0.133 e. The summed E-state index contributed by atoms with van der Waals surface area (Å²) in [5.41, 5.74) is 2.14. The van der Waals surface area contributed by atoms with Crippen molar-refractivity contribution in [1.29, 1.82) is 0 Å². The largest absolute Gasteiger partial charge is 0.496 e. The molecule has 2 N–H and O–H groups in total. The van der Waals surface area contributed by atoms with Gasteiger partial charge < -0.3 is 4.74 Å². The quantitative estimate of drug-likeness (QED) is 0.831. The monoisotopic (exact) mass is 245 g/mol. The van der Waals surface area contributed by atoms with Crippen LogP contribution in [0.3, 0.4) is 0 Å². The maximum absolute atomic E-state index is 5.14. The number of benzene rings is 1. The minimum atomic E-state index is 0.379. The molecular weight excluding hydrogens is 234 g/mol. The Kier molecular flexibility index (Phi) is 3.71. The standard InChI is InChI=1S/C9H12BrNO2/c1-6-3-4-8(12-2)9(10)7(6)5-13-11/h3-4H,5,11H2,1-2H3. The predicted molar refractivity (Wildman–Crippen MR) is 54.4 cm³/mol. The third-order valence-corrected chi connectivity index (χ3v) is 2.76. The van der Waals surface area contributed by atoms with Crippen LogP contribution in [0.5, 0.6) is 5.75 Å². The molecular formula is C9H12BrNO2. The van der Waals surface area contributed by atoms with E-state index in [0.29, 0.717) is 6.61 Å². The van der Waals surface area contributed by atoms with Crippen LogP contribution in [0.2, 0.25) is 0 Å². The van der Waals surface area contributed by atoms with Gasteiger partial charge in [0.1, 0.15) is 5.75 Å². The van der Waals surface area contributed by atoms with E-state index in [1.807, 2.05) is 19.1 Å². The summed E-state index contributed by atoms with van der Waals surface area (Å²) in [6.45, 7) is 2.38. The number of halogens is 1. The van der Waals surface area contributed by atoms with Crippen LogP contribution in [0.4, 0.5) is 0 Å². The van der Waals surface area contributed by atoms with Gasteiger partial charge in [0.2, 0.25) is 0 Å². The molecule has 0 saturated heterocycles. The van der Waals surface area contributed by atoms with Crippen molar-refractivity contribution in [3.8, 4) is 5.75 Å². The maximum atomic E-state index is 5.14. The summed E-state index contributed by atoms with van der Waals surface area (Å²) in [5, 5.41) is 0. The van der Waals surface area contributed by atoms with Crippen molar-refractivity contribution in [3.63, 3.8) is 0 Å². The van der Waals surface area contributed by atoms with Gasteiger partial charge in [-0.05, 0) is 34.5 Å². The minimum absolute atomic E-state index is 0.379. The van der Waals surface area contributed by atoms with Crippen LogP contribution in [0.25, 0.3) is 0 Å². The number of nitrogens with two attached hydrogens (primary N) is 1. The lowest BCUT2D eigenvalue weighted by atomic mass is 10.1. The van der Waals surface area contributed by atoms with E-state index in [0.717, 1.165) is 21.3 Å². The summed E-state index contributed by atoms with van der Waals surface area (Å²) >= 11 is 3.43. The minimum Gasteiger partial charge on any atom is -0.496 e. The molecule has 0 fully saturated rings. The summed E-state index contributed by atoms with van der Waals surface area (Å²) < 4.78 is 6.05. The zero-order chi connectivity index (χ0) is 9.84. The molecule has 0 atom stereocenters. The first-order valence-electron chi connectivity index (χ1n) is 3.84. The average molecular weight is 246 g/mol. The van der Waals surface area contributed by atoms with Gasteiger partial charge in [0.25, 0.3) is 0 Å². The van der Waals surface area contributed by atoms with E-state index in [4.69, 9.17) is 10.6 Å². The first kappa shape index (κ1) is 10.5.